The summed E-state index contributed by atoms with van der Waals surface area (Å²) < 4.78 is 5.38. The van der Waals surface area contributed by atoms with Gasteiger partial charge in [0.05, 0.1) is 17.3 Å². The number of nitrogens with two attached hydrogens (primary N) is 1. The molecule has 4 heteroatoms. The van der Waals surface area contributed by atoms with Gasteiger partial charge >= 0.3 is 0 Å². The Morgan fingerprint density at radius 2 is 2.11 bits per heavy atom. The molecule has 1 rings (SSSR count). The molecule has 0 aliphatic heterocycles. The van der Waals surface area contributed by atoms with Crippen LogP contribution in [-0.4, -0.2) is 26.3 Å². The lowest BCUT2D eigenvalue weighted by Crippen LogP contribution is -2.27. The van der Waals surface area contributed by atoms with E-state index in [0.717, 1.165) is 42.6 Å². The summed E-state index contributed by atoms with van der Waals surface area (Å²) >= 11 is 6.32. The zero-order chi connectivity index (χ0) is 13.5. The lowest BCUT2D eigenvalue weighted by atomic mass is 10.1. The summed E-state index contributed by atoms with van der Waals surface area (Å²) in [6.07, 6.45) is 0. The van der Waals surface area contributed by atoms with Crippen LogP contribution in [0.15, 0.2) is 18.2 Å². The van der Waals surface area contributed by atoms with Crippen LogP contribution in [-0.2, 0) is 4.74 Å². The van der Waals surface area contributed by atoms with Gasteiger partial charge in [0.25, 0.3) is 0 Å². The summed E-state index contributed by atoms with van der Waals surface area (Å²) in [5.41, 5.74) is 7.95. The molecule has 1 aromatic rings. The SMILES string of the molecule is CCOCCN(CC)c1ccc(C(C)N)cc1Cl. The molecule has 1 aromatic carbocycles. The molecule has 0 bridgehead atoms. The number of hydrogen-bond acceptors (Lipinski definition) is 3. The van der Waals surface area contributed by atoms with Crippen molar-refractivity contribution in [2.45, 2.75) is 26.8 Å². The van der Waals surface area contributed by atoms with Crippen molar-refractivity contribution in [3.63, 3.8) is 0 Å². The fourth-order valence-corrected chi connectivity index (χ4v) is 2.14. The fourth-order valence-electron chi connectivity index (χ4n) is 1.83. The first-order valence-electron chi connectivity index (χ1n) is 6.47. The Morgan fingerprint density at radius 1 is 1.39 bits per heavy atom. The molecule has 2 N–H and O–H groups in total. The van der Waals surface area contributed by atoms with E-state index in [4.69, 9.17) is 22.1 Å². The van der Waals surface area contributed by atoms with Crippen LogP contribution in [0.2, 0.25) is 5.02 Å². The number of anilines is 1. The zero-order valence-electron chi connectivity index (χ0n) is 11.4. The summed E-state index contributed by atoms with van der Waals surface area (Å²) in [6.45, 7) is 9.29. The number of nitrogens with zero attached hydrogens (tertiary/aromatic N) is 1. The second-order valence-corrected chi connectivity index (χ2v) is 4.68. The van der Waals surface area contributed by atoms with E-state index in [1.807, 2.05) is 32.0 Å². The number of rotatable bonds is 7. The minimum atomic E-state index is 0.00931. The summed E-state index contributed by atoms with van der Waals surface area (Å²) in [5, 5.41) is 0.753. The van der Waals surface area contributed by atoms with Crippen molar-refractivity contribution in [1.29, 1.82) is 0 Å². The highest BCUT2D eigenvalue weighted by molar-refractivity contribution is 6.33. The molecule has 102 valence electrons. The van der Waals surface area contributed by atoms with Crippen LogP contribution in [0.3, 0.4) is 0 Å². The summed E-state index contributed by atoms with van der Waals surface area (Å²) in [6, 6.07) is 6.03. The average molecular weight is 271 g/mol. The number of ether oxygens (including phenoxy) is 1. The molecule has 1 atom stereocenters. The minimum Gasteiger partial charge on any atom is -0.380 e. The highest BCUT2D eigenvalue weighted by Gasteiger charge is 2.10. The molecular weight excluding hydrogens is 248 g/mol. The van der Waals surface area contributed by atoms with Gasteiger partial charge in [0.2, 0.25) is 0 Å². The van der Waals surface area contributed by atoms with Crippen molar-refractivity contribution in [1.82, 2.24) is 0 Å². The number of benzene rings is 1. The standard InChI is InChI=1S/C14H23ClN2O/c1-4-17(8-9-18-5-2)14-7-6-12(11(3)16)10-13(14)15/h6-7,10-11H,4-5,8-9,16H2,1-3H3. The average Bonchev–Trinajstić information content (AvgIpc) is 2.35. The molecule has 3 nitrogen and oxygen atoms in total. The summed E-state index contributed by atoms with van der Waals surface area (Å²) in [4.78, 5) is 2.21. The van der Waals surface area contributed by atoms with Crippen LogP contribution in [0.1, 0.15) is 32.4 Å². The normalized spacial score (nSPS) is 12.5. The van der Waals surface area contributed by atoms with E-state index in [1.54, 1.807) is 0 Å². The van der Waals surface area contributed by atoms with E-state index in [9.17, 15) is 0 Å². The molecule has 0 fully saturated rings. The molecule has 0 heterocycles. The van der Waals surface area contributed by atoms with E-state index in [0.29, 0.717) is 0 Å². The Morgan fingerprint density at radius 3 is 2.61 bits per heavy atom. The third-order valence-corrected chi connectivity index (χ3v) is 3.23. The van der Waals surface area contributed by atoms with Gasteiger partial charge in [-0.05, 0) is 38.5 Å². The zero-order valence-corrected chi connectivity index (χ0v) is 12.2. The first kappa shape index (κ1) is 15.3. The van der Waals surface area contributed by atoms with Crippen LogP contribution in [0.4, 0.5) is 5.69 Å². The van der Waals surface area contributed by atoms with E-state index < -0.39 is 0 Å². The van der Waals surface area contributed by atoms with Crippen molar-refractivity contribution in [3.8, 4) is 0 Å². The second kappa shape index (κ2) is 7.62. The van der Waals surface area contributed by atoms with Crippen molar-refractivity contribution in [3.05, 3.63) is 28.8 Å². The second-order valence-electron chi connectivity index (χ2n) is 4.28. The Hall–Kier alpha value is -0.770. The Bertz CT molecular complexity index is 369. The van der Waals surface area contributed by atoms with Crippen LogP contribution in [0, 0.1) is 0 Å². The molecular formula is C14H23ClN2O. The van der Waals surface area contributed by atoms with Crippen LogP contribution < -0.4 is 10.6 Å². The molecule has 0 saturated carbocycles. The molecule has 0 saturated heterocycles. The quantitative estimate of drug-likeness (QED) is 0.773. The van der Waals surface area contributed by atoms with Crippen LogP contribution >= 0.6 is 11.6 Å². The van der Waals surface area contributed by atoms with E-state index in [2.05, 4.69) is 11.8 Å². The topological polar surface area (TPSA) is 38.5 Å². The van der Waals surface area contributed by atoms with Gasteiger partial charge in [-0.15, -0.1) is 0 Å². The molecule has 0 radical (unpaired) electrons. The number of likely N-dealkylation sites (N-methyl/N-ethyl adjacent to an activating group) is 1. The number of halogens is 1. The van der Waals surface area contributed by atoms with Gasteiger partial charge in [-0.2, -0.15) is 0 Å². The Balaban J connectivity index is 2.79. The summed E-state index contributed by atoms with van der Waals surface area (Å²) in [7, 11) is 0. The largest absolute Gasteiger partial charge is 0.380 e. The van der Waals surface area contributed by atoms with Crippen LogP contribution in [0.5, 0.6) is 0 Å². The summed E-state index contributed by atoms with van der Waals surface area (Å²) in [5.74, 6) is 0. The lowest BCUT2D eigenvalue weighted by molar-refractivity contribution is 0.154. The maximum atomic E-state index is 6.32. The lowest BCUT2D eigenvalue weighted by Gasteiger charge is -2.24. The van der Waals surface area contributed by atoms with Crippen molar-refractivity contribution >= 4 is 17.3 Å². The Labute approximate surface area is 115 Å². The molecule has 0 aliphatic rings. The van der Waals surface area contributed by atoms with Gasteiger partial charge in [-0.1, -0.05) is 17.7 Å². The Kier molecular flexibility index (Phi) is 6.47. The van der Waals surface area contributed by atoms with Crippen molar-refractivity contribution in [2.24, 2.45) is 5.73 Å². The molecule has 0 aromatic heterocycles. The van der Waals surface area contributed by atoms with E-state index in [1.165, 1.54) is 0 Å². The van der Waals surface area contributed by atoms with Gasteiger partial charge < -0.3 is 15.4 Å². The van der Waals surface area contributed by atoms with Crippen molar-refractivity contribution in [2.75, 3.05) is 31.2 Å². The monoisotopic (exact) mass is 270 g/mol. The van der Waals surface area contributed by atoms with Gasteiger partial charge in [-0.3, -0.25) is 0 Å². The molecule has 0 aliphatic carbocycles. The third-order valence-electron chi connectivity index (χ3n) is 2.93. The molecule has 0 amide bonds. The van der Waals surface area contributed by atoms with Gasteiger partial charge in [0.15, 0.2) is 0 Å². The predicted octanol–water partition coefficient (Wildman–Crippen LogP) is 3.22. The van der Waals surface area contributed by atoms with E-state index >= 15 is 0 Å². The predicted molar refractivity (Wildman–Crippen MR) is 78.4 cm³/mol. The number of hydrogen-bond donors (Lipinski definition) is 1. The first-order valence-corrected chi connectivity index (χ1v) is 6.85. The third kappa shape index (κ3) is 4.16. The van der Waals surface area contributed by atoms with Gasteiger partial charge in [0.1, 0.15) is 0 Å². The van der Waals surface area contributed by atoms with Gasteiger partial charge in [-0.25, -0.2) is 0 Å². The smallest absolute Gasteiger partial charge is 0.0642 e. The first-order chi connectivity index (χ1) is 8.60. The highest BCUT2D eigenvalue weighted by Crippen LogP contribution is 2.28. The minimum absolute atomic E-state index is 0.00931. The maximum Gasteiger partial charge on any atom is 0.0642 e. The molecule has 1 unspecified atom stereocenters. The maximum absolute atomic E-state index is 6.32. The highest BCUT2D eigenvalue weighted by atomic mass is 35.5. The van der Waals surface area contributed by atoms with Crippen LogP contribution in [0.25, 0.3) is 0 Å². The molecule has 0 spiro atoms. The fraction of sp³-hybridized carbons (Fsp3) is 0.571. The van der Waals surface area contributed by atoms with Gasteiger partial charge in [0, 0.05) is 25.7 Å². The van der Waals surface area contributed by atoms with E-state index in [-0.39, 0.29) is 6.04 Å². The molecule has 18 heavy (non-hydrogen) atoms. The van der Waals surface area contributed by atoms with Crippen molar-refractivity contribution < 1.29 is 4.74 Å².